The molecule has 1 rings (SSSR count). The van der Waals surface area contributed by atoms with Crippen LogP contribution in [-0.2, 0) is 14.3 Å². The fourth-order valence-electron chi connectivity index (χ4n) is 0.905. The number of aliphatic hydroxyl groups is 1. The molecule has 0 amide bonds. The van der Waals surface area contributed by atoms with Gasteiger partial charge in [-0.25, -0.2) is 4.79 Å². The van der Waals surface area contributed by atoms with Gasteiger partial charge in [0.2, 0.25) is 5.78 Å². The Bertz CT molecular complexity index is 229. The normalized spacial score (nSPS) is 27.7. The van der Waals surface area contributed by atoms with Crippen molar-refractivity contribution < 1.29 is 19.4 Å². The second-order valence-corrected chi connectivity index (χ2v) is 2.21. The number of rotatable bonds is 1. The van der Waals surface area contributed by atoms with Gasteiger partial charge in [0.25, 0.3) is 0 Å². The Hall–Kier alpha value is -1.32. The summed E-state index contributed by atoms with van der Waals surface area (Å²) >= 11 is 0. The molecule has 0 spiro atoms. The zero-order valence-electron chi connectivity index (χ0n) is 6.03. The number of carbonyl (C=O) groups is 2. The quantitative estimate of drug-likeness (QED) is 0.257. The first-order valence-corrected chi connectivity index (χ1v) is 3.30. The molecule has 0 bridgehead atoms. The van der Waals surface area contributed by atoms with Gasteiger partial charge >= 0.3 is 5.97 Å². The van der Waals surface area contributed by atoms with Crippen molar-refractivity contribution in [3.63, 3.8) is 0 Å². The smallest absolute Gasteiger partial charge is 0.345 e. The molecule has 0 aliphatic carbocycles. The third-order valence-corrected chi connectivity index (χ3v) is 1.53. The molecule has 0 radical (unpaired) electrons. The Balaban J connectivity index is 2.88. The van der Waals surface area contributed by atoms with E-state index in [2.05, 4.69) is 4.74 Å². The highest BCUT2D eigenvalue weighted by Crippen LogP contribution is 2.17. The van der Waals surface area contributed by atoms with Crippen LogP contribution in [0, 0.1) is 0 Å². The fourth-order valence-corrected chi connectivity index (χ4v) is 0.905. The van der Waals surface area contributed by atoms with E-state index in [1.54, 1.807) is 6.92 Å². The van der Waals surface area contributed by atoms with E-state index in [0.29, 0.717) is 12.7 Å². The third-order valence-electron chi connectivity index (χ3n) is 1.53. The van der Waals surface area contributed by atoms with E-state index in [-0.39, 0.29) is 5.57 Å². The maximum absolute atomic E-state index is 11.0. The van der Waals surface area contributed by atoms with Crippen molar-refractivity contribution >= 4 is 11.8 Å². The summed E-state index contributed by atoms with van der Waals surface area (Å²) in [5.41, 5.74) is -0.253. The van der Waals surface area contributed by atoms with Crippen molar-refractivity contribution in [2.24, 2.45) is 0 Å². The molecular formula is C7H8O4. The molecule has 1 saturated heterocycles. The van der Waals surface area contributed by atoms with Crippen LogP contribution in [0.5, 0.6) is 0 Å². The first kappa shape index (κ1) is 7.78. The van der Waals surface area contributed by atoms with E-state index < -0.39 is 17.9 Å². The van der Waals surface area contributed by atoms with E-state index >= 15 is 0 Å². The maximum Gasteiger partial charge on any atom is 0.345 e. The van der Waals surface area contributed by atoms with E-state index in [0.717, 1.165) is 0 Å². The predicted molar refractivity (Wildman–Crippen MR) is 35.9 cm³/mol. The summed E-state index contributed by atoms with van der Waals surface area (Å²) in [6.07, 6.45) is 0.253. The lowest BCUT2D eigenvalue weighted by Crippen LogP contribution is -2.14. The minimum Gasteiger partial charge on any atom is -0.515 e. The van der Waals surface area contributed by atoms with E-state index in [4.69, 9.17) is 5.11 Å². The standard InChI is InChI=1S/C7H8O4/c1-2-5-6(9)4(3-8)7(10)11-5/h3,5,8H,2H2,1H3/b4-3+. The minimum atomic E-state index is -0.732. The molecule has 0 aromatic carbocycles. The number of esters is 1. The average Bonchev–Trinajstić information content (AvgIpc) is 2.26. The van der Waals surface area contributed by atoms with Crippen molar-refractivity contribution in [1.29, 1.82) is 0 Å². The molecule has 0 aromatic heterocycles. The molecule has 1 fully saturated rings. The summed E-state index contributed by atoms with van der Waals surface area (Å²) in [5, 5.41) is 8.44. The largest absolute Gasteiger partial charge is 0.515 e. The Morgan fingerprint density at radius 2 is 2.27 bits per heavy atom. The van der Waals surface area contributed by atoms with Crippen LogP contribution in [0.3, 0.4) is 0 Å². The van der Waals surface area contributed by atoms with E-state index in [9.17, 15) is 9.59 Å². The number of ether oxygens (including phenoxy) is 1. The number of ketones is 1. The maximum atomic E-state index is 11.0. The molecule has 1 aliphatic rings. The highest BCUT2D eigenvalue weighted by molar-refractivity contribution is 6.23. The van der Waals surface area contributed by atoms with E-state index in [1.807, 2.05) is 0 Å². The van der Waals surface area contributed by atoms with Crippen LogP contribution >= 0.6 is 0 Å². The lowest BCUT2D eigenvalue weighted by atomic mass is 10.1. The lowest BCUT2D eigenvalue weighted by Gasteiger charge is -1.99. The monoisotopic (exact) mass is 156 g/mol. The number of hydrogen-bond acceptors (Lipinski definition) is 4. The van der Waals surface area contributed by atoms with Crippen LogP contribution in [-0.4, -0.2) is 23.0 Å². The zero-order valence-corrected chi connectivity index (χ0v) is 6.03. The molecule has 1 N–H and O–H groups in total. The van der Waals surface area contributed by atoms with Crippen molar-refractivity contribution in [1.82, 2.24) is 0 Å². The Morgan fingerprint density at radius 3 is 2.55 bits per heavy atom. The minimum absolute atomic E-state index is 0.253. The second-order valence-electron chi connectivity index (χ2n) is 2.21. The first-order valence-electron chi connectivity index (χ1n) is 3.30. The Morgan fingerprint density at radius 1 is 1.64 bits per heavy atom. The number of hydrogen-bond donors (Lipinski definition) is 1. The number of cyclic esters (lactones) is 1. The SMILES string of the molecule is CCC1OC(=O)/C(=C/O)C1=O. The highest BCUT2D eigenvalue weighted by Gasteiger charge is 2.37. The van der Waals surface area contributed by atoms with Gasteiger partial charge in [0.05, 0.1) is 6.26 Å². The van der Waals surface area contributed by atoms with Crippen LogP contribution in [0.1, 0.15) is 13.3 Å². The van der Waals surface area contributed by atoms with Crippen molar-refractivity contribution in [2.75, 3.05) is 0 Å². The van der Waals surface area contributed by atoms with Crippen LogP contribution in [0.15, 0.2) is 11.8 Å². The first-order chi connectivity index (χ1) is 5.20. The van der Waals surface area contributed by atoms with Crippen molar-refractivity contribution in [2.45, 2.75) is 19.4 Å². The van der Waals surface area contributed by atoms with Crippen molar-refractivity contribution in [3.8, 4) is 0 Å². The second kappa shape index (κ2) is 2.74. The van der Waals surface area contributed by atoms with Gasteiger partial charge in [0.1, 0.15) is 5.57 Å². The lowest BCUT2D eigenvalue weighted by molar-refractivity contribution is -0.140. The molecule has 0 saturated carbocycles. The summed E-state index contributed by atoms with van der Waals surface area (Å²) < 4.78 is 4.61. The highest BCUT2D eigenvalue weighted by atomic mass is 16.6. The van der Waals surface area contributed by atoms with Crippen LogP contribution in [0.25, 0.3) is 0 Å². The van der Waals surface area contributed by atoms with Crippen molar-refractivity contribution in [3.05, 3.63) is 11.8 Å². The molecule has 4 nitrogen and oxygen atoms in total. The average molecular weight is 156 g/mol. The Labute approximate surface area is 63.5 Å². The summed E-state index contributed by atoms with van der Waals surface area (Å²) in [4.78, 5) is 21.7. The summed E-state index contributed by atoms with van der Waals surface area (Å²) in [6.45, 7) is 1.73. The molecule has 4 heteroatoms. The van der Waals surface area contributed by atoms with Gasteiger partial charge in [-0.3, -0.25) is 4.79 Å². The fraction of sp³-hybridized carbons (Fsp3) is 0.429. The topological polar surface area (TPSA) is 63.6 Å². The molecule has 0 aromatic rings. The van der Waals surface area contributed by atoms with Gasteiger partial charge in [-0.2, -0.15) is 0 Å². The number of Topliss-reactive ketones (excluding diaryl/α,β-unsaturated/α-hetero) is 1. The number of carbonyl (C=O) groups excluding carboxylic acids is 2. The summed E-state index contributed by atoms with van der Waals surface area (Å²) in [7, 11) is 0. The third kappa shape index (κ3) is 1.11. The summed E-state index contributed by atoms with van der Waals surface area (Å²) in [5.74, 6) is -1.16. The molecule has 11 heavy (non-hydrogen) atoms. The molecule has 60 valence electrons. The molecule has 1 unspecified atom stereocenters. The van der Waals surface area contributed by atoms with Gasteiger partial charge < -0.3 is 9.84 Å². The predicted octanol–water partition coefficient (Wildman–Crippen LogP) is 0.333. The summed E-state index contributed by atoms with van der Waals surface area (Å²) in [6, 6.07) is 0. The van der Waals surface area contributed by atoms with Gasteiger partial charge in [-0.05, 0) is 6.42 Å². The molecule has 1 atom stereocenters. The van der Waals surface area contributed by atoms with Crippen LogP contribution in [0.4, 0.5) is 0 Å². The molecule has 1 aliphatic heterocycles. The number of aliphatic hydroxyl groups excluding tert-OH is 1. The Kier molecular flexibility index (Phi) is 1.94. The van der Waals surface area contributed by atoms with Crippen LogP contribution < -0.4 is 0 Å². The molecule has 1 heterocycles. The van der Waals surface area contributed by atoms with E-state index in [1.165, 1.54) is 0 Å². The van der Waals surface area contributed by atoms with Crippen LogP contribution in [0.2, 0.25) is 0 Å². The van der Waals surface area contributed by atoms with Gasteiger partial charge in [0, 0.05) is 0 Å². The zero-order chi connectivity index (χ0) is 8.43. The molecular weight excluding hydrogens is 148 g/mol. The van der Waals surface area contributed by atoms with Gasteiger partial charge in [0.15, 0.2) is 6.10 Å². The van der Waals surface area contributed by atoms with Gasteiger partial charge in [-0.1, -0.05) is 6.92 Å². The van der Waals surface area contributed by atoms with Gasteiger partial charge in [-0.15, -0.1) is 0 Å².